The Kier molecular flexibility index (Phi) is 4.66. The number of rotatable bonds is 3. The summed E-state index contributed by atoms with van der Waals surface area (Å²) in [5.74, 6) is 0.573. The van der Waals surface area contributed by atoms with E-state index in [0.29, 0.717) is 10.4 Å². The summed E-state index contributed by atoms with van der Waals surface area (Å²) < 4.78 is 0.639. The van der Waals surface area contributed by atoms with Gasteiger partial charge >= 0.3 is 0 Å². The number of hydrogen-bond donors (Lipinski definition) is 1. The van der Waals surface area contributed by atoms with Crippen LogP contribution in [0, 0.1) is 5.92 Å². The number of nitrogens with zero attached hydrogens (tertiary/aromatic N) is 2. The summed E-state index contributed by atoms with van der Waals surface area (Å²) in [6.45, 7) is 3.93. The Labute approximate surface area is 105 Å². The summed E-state index contributed by atoms with van der Waals surface area (Å²) >= 11 is 6.48. The van der Waals surface area contributed by atoms with Gasteiger partial charge in [0, 0.05) is 0 Å². The van der Waals surface area contributed by atoms with Gasteiger partial charge in [0.05, 0.1) is 17.2 Å². The second kappa shape index (κ2) is 5.55. The van der Waals surface area contributed by atoms with E-state index in [1.165, 1.54) is 12.4 Å². The van der Waals surface area contributed by atoms with Crippen LogP contribution in [0.4, 0.5) is 5.82 Å². The molecular weight excluding hydrogens is 326 g/mol. The molecule has 1 atom stereocenters. The third-order valence-electron chi connectivity index (χ3n) is 1.71. The molecule has 0 aliphatic heterocycles. The molecule has 1 amide bonds. The number of carbonyl (C=O) groups excluding carboxylic acids is 1. The van der Waals surface area contributed by atoms with Gasteiger partial charge in [-0.3, -0.25) is 4.79 Å². The molecule has 1 rings (SSSR count). The van der Waals surface area contributed by atoms with Gasteiger partial charge < -0.3 is 5.32 Å². The Morgan fingerprint density at radius 1 is 1.40 bits per heavy atom. The van der Waals surface area contributed by atoms with Crippen molar-refractivity contribution in [2.45, 2.75) is 18.7 Å². The van der Waals surface area contributed by atoms with Crippen LogP contribution < -0.4 is 5.32 Å². The third kappa shape index (κ3) is 3.87. The van der Waals surface area contributed by atoms with Crippen molar-refractivity contribution >= 4 is 43.6 Å². The van der Waals surface area contributed by atoms with Gasteiger partial charge in [0.25, 0.3) is 0 Å². The molecule has 4 nitrogen and oxygen atoms in total. The Morgan fingerprint density at radius 3 is 2.53 bits per heavy atom. The highest BCUT2D eigenvalue weighted by Gasteiger charge is 2.18. The number of amides is 1. The Balaban J connectivity index is 2.62. The number of carbonyl (C=O) groups is 1. The first kappa shape index (κ1) is 12.6. The van der Waals surface area contributed by atoms with Crippen molar-refractivity contribution in [3.8, 4) is 0 Å². The van der Waals surface area contributed by atoms with Crippen LogP contribution in [0.5, 0.6) is 0 Å². The lowest BCUT2D eigenvalue weighted by Crippen LogP contribution is -2.27. The first-order valence-electron chi connectivity index (χ1n) is 4.43. The highest BCUT2D eigenvalue weighted by molar-refractivity contribution is 9.10. The number of aromatic nitrogens is 2. The normalized spacial score (nSPS) is 12.6. The Bertz CT molecular complexity index is 340. The molecule has 0 fully saturated rings. The fourth-order valence-electron chi connectivity index (χ4n) is 0.875. The summed E-state index contributed by atoms with van der Waals surface area (Å²) in [5.41, 5.74) is 0. The molecule has 0 spiro atoms. The van der Waals surface area contributed by atoms with E-state index < -0.39 is 0 Å². The fraction of sp³-hybridized carbons (Fsp3) is 0.444. The zero-order valence-electron chi connectivity index (χ0n) is 8.37. The van der Waals surface area contributed by atoms with E-state index in [2.05, 4.69) is 47.1 Å². The van der Waals surface area contributed by atoms with Gasteiger partial charge in [0.15, 0.2) is 5.82 Å². The molecule has 6 heteroatoms. The van der Waals surface area contributed by atoms with E-state index in [1.807, 2.05) is 13.8 Å². The van der Waals surface area contributed by atoms with Crippen molar-refractivity contribution in [3.63, 3.8) is 0 Å². The van der Waals surface area contributed by atoms with Gasteiger partial charge in [0.2, 0.25) is 5.91 Å². The van der Waals surface area contributed by atoms with E-state index in [0.717, 1.165) is 0 Å². The molecule has 0 radical (unpaired) electrons. The van der Waals surface area contributed by atoms with Crippen LogP contribution in [-0.2, 0) is 4.79 Å². The summed E-state index contributed by atoms with van der Waals surface area (Å²) in [7, 11) is 0. The predicted molar refractivity (Wildman–Crippen MR) is 65.9 cm³/mol. The topological polar surface area (TPSA) is 54.9 Å². The number of hydrogen-bond acceptors (Lipinski definition) is 3. The van der Waals surface area contributed by atoms with Crippen LogP contribution >= 0.6 is 31.9 Å². The molecule has 0 aromatic carbocycles. The highest BCUT2D eigenvalue weighted by atomic mass is 79.9. The molecule has 0 saturated heterocycles. The van der Waals surface area contributed by atoms with Crippen molar-refractivity contribution in [2.24, 2.45) is 5.92 Å². The zero-order valence-corrected chi connectivity index (χ0v) is 11.5. The van der Waals surface area contributed by atoms with E-state index >= 15 is 0 Å². The highest BCUT2D eigenvalue weighted by Crippen LogP contribution is 2.14. The molecule has 1 aromatic rings. The fourth-order valence-corrected chi connectivity index (χ4v) is 1.19. The first-order valence-corrected chi connectivity index (χ1v) is 6.14. The van der Waals surface area contributed by atoms with Crippen LogP contribution in [0.2, 0.25) is 0 Å². The Morgan fingerprint density at radius 2 is 2.07 bits per heavy atom. The number of halogens is 2. The number of anilines is 1. The third-order valence-corrected chi connectivity index (χ3v) is 3.59. The molecule has 1 N–H and O–H groups in total. The number of nitrogens with one attached hydrogen (secondary N) is 1. The smallest absolute Gasteiger partial charge is 0.239 e. The quantitative estimate of drug-likeness (QED) is 0.863. The lowest BCUT2D eigenvalue weighted by molar-refractivity contribution is -0.116. The largest absolute Gasteiger partial charge is 0.308 e. The SMILES string of the molecule is CC(C)C(Br)C(=O)Nc1cnc(Br)cn1. The molecule has 15 heavy (non-hydrogen) atoms. The van der Waals surface area contributed by atoms with Gasteiger partial charge in [0.1, 0.15) is 4.60 Å². The molecular formula is C9H11Br2N3O. The maximum absolute atomic E-state index is 11.6. The van der Waals surface area contributed by atoms with Gasteiger partial charge in [-0.15, -0.1) is 0 Å². The zero-order chi connectivity index (χ0) is 11.4. The van der Waals surface area contributed by atoms with E-state index in [9.17, 15) is 4.79 Å². The summed E-state index contributed by atoms with van der Waals surface area (Å²) in [6, 6.07) is 0. The van der Waals surface area contributed by atoms with Gasteiger partial charge in [-0.2, -0.15) is 0 Å². The molecule has 0 saturated carbocycles. The minimum Gasteiger partial charge on any atom is -0.308 e. The summed E-state index contributed by atoms with van der Waals surface area (Å²) in [5, 5.41) is 2.67. The average molecular weight is 337 g/mol. The minimum atomic E-state index is -0.219. The van der Waals surface area contributed by atoms with E-state index in [-0.39, 0.29) is 16.7 Å². The van der Waals surface area contributed by atoms with Crippen molar-refractivity contribution in [1.82, 2.24) is 9.97 Å². The molecule has 0 aliphatic carbocycles. The van der Waals surface area contributed by atoms with Gasteiger partial charge in [-0.25, -0.2) is 9.97 Å². The molecule has 82 valence electrons. The lowest BCUT2D eigenvalue weighted by atomic mass is 10.1. The van der Waals surface area contributed by atoms with Crippen LogP contribution in [0.15, 0.2) is 17.0 Å². The maximum atomic E-state index is 11.6. The summed E-state index contributed by atoms with van der Waals surface area (Å²) in [4.78, 5) is 19.3. The second-order valence-corrected chi connectivity index (χ2v) is 5.16. The average Bonchev–Trinajstić information content (AvgIpc) is 2.20. The van der Waals surface area contributed by atoms with Gasteiger partial charge in [-0.05, 0) is 21.8 Å². The standard InChI is InChI=1S/C9H11Br2N3O/c1-5(2)8(11)9(15)14-7-4-12-6(10)3-13-7/h3-5,8H,1-2H3,(H,13,14,15). The Hall–Kier alpha value is -0.490. The van der Waals surface area contributed by atoms with Crippen LogP contribution in [0.25, 0.3) is 0 Å². The summed E-state index contributed by atoms with van der Waals surface area (Å²) in [6.07, 6.45) is 3.04. The predicted octanol–water partition coefficient (Wildman–Crippen LogP) is 2.60. The van der Waals surface area contributed by atoms with E-state index in [4.69, 9.17) is 0 Å². The van der Waals surface area contributed by atoms with Crippen molar-refractivity contribution < 1.29 is 4.79 Å². The molecule has 1 heterocycles. The molecule has 0 bridgehead atoms. The molecule has 0 aliphatic rings. The van der Waals surface area contributed by atoms with Gasteiger partial charge in [-0.1, -0.05) is 29.8 Å². The first-order chi connectivity index (χ1) is 7.00. The van der Waals surface area contributed by atoms with Crippen LogP contribution in [-0.4, -0.2) is 20.7 Å². The maximum Gasteiger partial charge on any atom is 0.239 e. The molecule has 1 unspecified atom stereocenters. The monoisotopic (exact) mass is 335 g/mol. The van der Waals surface area contributed by atoms with E-state index in [1.54, 1.807) is 0 Å². The van der Waals surface area contributed by atoms with Crippen molar-refractivity contribution in [3.05, 3.63) is 17.0 Å². The van der Waals surface area contributed by atoms with Crippen LogP contribution in [0.1, 0.15) is 13.8 Å². The van der Waals surface area contributed by atoms with Crippen LogP contribution in [0.3, 0.4) is 0 Å². The van der Waals surface area contributed by atoms with Crippen molar-refractivity contribution in [2.75, 3.05) is 5.32 Å². The molecule has 1 aromatic heterocycles. The second-order valence-electron chi connectivity index (χ2n) is 3.36. The minimum absolute atomic E-state index is 0.110. The lowest BCUT2D eigenvalue weighted by Gasteiger charge is -2.12. The number of alkyl halides is 1. The van der Waals surface area contributed by atoms with Crippen molar-refractivity contribution in [1.29, 1.82) is 0 Å².